The molecule has 1 aromatic rings. The van der Waals surface area contributed by atoms with Gasteiger partial charge >= 0.3 is 0 Å². The Morgan fingerprint density at radius 3 is 2.47 bits per heavy atom. The van der Waals surface area contributed by atoms with Gasteiger partial charge in [-0.1, -0.05) is 40.9 Å². The highest BCUT2D eigenvalue weighted by Crippen LogP contribution is 2.33. The van der Waals surface area contributed by atoms with Crippen LogP contribution in [0.2, 0.25) is 15.1 Å². The predicted octanol–water partition coefficient (Wildman–Crippen LogP) is 4.64. The van der Waals surface area contributed by atoms with E-state index in [1.807, 2.05) is 0 Å². The van der Waals surface area contributed by atoms with Gasteiger partial charge in [0.15, 0.2) is 0 Å². The smallest absolute Gasteiger partial charge is 0.0641 e. The van der Waals surface area contributed by atoms with Crippen LogP contribution in [0.1, 0.15) is 18.0 Å². The van der Waals surface area contributed by atoms with E-state index in [2.05, 4.69) is 6.58 Å². The van der Waals surface area contributed by atoms with E-state index in [0.717, 1.165) is 5.56 Å². The molecule has 0 heterocycles. The minimum Gasteiger partial charge on any atom is -0.324 e. The van der Waals surface area contributed by atoms with Gasteiger partial charge in [-0.2, -0.15) is 0 Å². The summed E-state index contributed by atoms with van der Waals surface area (Å²) in [5.74, 6) is 0. The van der Waals surface area contributed by atoms with Gasteiger partial charge in [0, 0.05) is 11.1 Å². The minimum absolute atomic E-state index is 0. The Morgan fingerprint density at radius 1 is 1.33 bits per heavy atom. The van der Waals surface area contributed by atoms with Crippen molar-refractivity contribution < 1.29 is 0 Å². The third-order valence-electron chi connectivity index (χ3n) is 1.84. The topological polar surface area (TPSA) is 26.0 Å². The van der Waals surface area contributed by atoms with E-state index >= 15 is 0 Å². The molecule has 0 spiro atoms. The molecular weight excluding hydrogens is 276 g/mol. The van der Waals surface area contributed by atoms with Gasteiger partial charge in [0.05, 0.1) is 10.0 Å². The van der Waals surface area contributed by atoms with Crippen molar-refractivity contribution in [2.24, 2.45) is 5.73 Å². The van der Waals surface area contributed by atoms with Crippen LogP contribution in [0.3, 0.4) is 0 Å². The van der Waals surface area contributed by atoms with Crippen LogP contribution in [-0.2, 0) is 0 Å². The van der Waals surface area contributed by atoms with Crippen LogP contribution in [-0.4, -0.2) is 0 Å². The Kier molecular flexibility index (Phi) is 6.65. The van der Waals surface area contributed by atoms with E-state index in [1.54, 1.807) is 18.2 Å². The first-order valence-electron chi connectivity index (χ1n) is 4.07. The predicted molar refractivity (Wildman–Crippen MR) is 70.5 cm³/mol. The summed E-state index contributed by atoms with van der Waals surface area (Å²) in [6.07, 6.45) is 2.37. The molecule has 15 heavy (non-hydrogen) atoms. The molecule has 0 radical (unpaired) electrons. The first-order chi connectivity index (χ1) is 6.56. The lowest BCUT2D eigenvalue weighted by atomic mass is 10.0. The summed E-state index contributed by atoms with van der Waals surface area (Å²) in [7, 11) is 0. The van der Waals surface area contributed by atoms with Gasteiger partial charge in [-0.15, -0.1) is 19.0 Å². The zero-order valence-corrected chi connectivity index (χ0v) is 10.9. The van der Waals surface area contributed by atoms with E-state index in [0.29, 0.717) is 21.5 Å². The van der Waals surface area contributed by atoms with Crippen LogP contribution in [0.15, 0.2) is 24.8 Å². The average molecular weight is 287 g/mol. The molecule has 1 aromatic carbocycles. The maximum Gasteiger partial charge on any atom is 0.0641 e. The summed E-state index contributed by atoms with van der Waals surface area (Å²) >= 11 is 17.7. The number of benzene rings is 1. The van der Waals surface area contributed by atoms with Crippen LogP contribution in [0.25, 0.3) is 0 Å². The van der Waals surface area contributed by atoms with Gasteiger partial charge in [0.1, 0.15) is 0 Å². The van der Waals surface area contributed by atoms with E-state index in [1.165, 1.54) is 0 Å². The second kappa shape index (κ2) is 6.62. The van der Waals surface area contributed by atoms with Crippen molar-refractivity contribution >= 4 is 47.2 Å². The number of halogens is 4. The second-order valence-corrected chi connectivity index (χ2v) is 4.14. The number of hydrogen-bond donors (Lipinski definition) is 1. The van der Waals surface area contributed by atoms with Crippen molar-refractivity contribution in [3.05, 3.63) is 45.4 Å². The van der Waals surface area contributed by atoms with Crippen LogP contribution < -0.4 is 5.73 Å². The summed E-state index contributed by atoms with van der Waals surface area (Å²) in [6, 6.07) is 3.11. The lowest BCUT2D eigenvalue weighted by Crippen LogP contribution is -2.09. The quantitative estimate of drug-likeness (QED) is 0.635. The summed E-state index contributed by atoms with van der Waals surface area (Å²) < 4.78 is 0. The molecule has 0 aliphatic rings. The number of hydrogen-bond acceptors (Lipinski definition) is 1. The van der Waals surface area contributed by atoms with Gasteiger partial charge in [-0.3, -0.25) is 0 Å². The highest BCUT2D eigenvalue weighted by molar-refractivity contribution is 6.43. The zero-order valence-electron chi connectivity index (χ0n) is 7.84. The lowest BCUT2D eigenvalue weighted by Gasteiger charge is -2.12. The van der Waals surface area contributed by atoms with Crippen molar-refractivity contribution in [1.82, 2.24) is 0 Å². The second-order valence-electron chi connectivity index (χ2n) is 2.92. The number of rotatable bonds is 3. The van der Waals surface area contributed by atoms with Gasteiger partial charge < -0.3 is 5.73 Å². The fourth-order valence-corrected chi connectivity index (χ4v) is 1.91. The summed E-state index contributed by atoms with van der Waals surface area (Å²) in [5.41, 5.74) is 6.62. The third kappa shape index (κ3) is 3.86. The highest BCUT2D eigenvalue weighted by atomic mass is 35.5. The molecule has 0 fully saturated rings. The molecule has 5 heteroatoms. The first-order valence-corrected chi connectivity index (χ1v) is 5.20. The van der Waals surface area contributed by atoms with E-state index < -0.39 is 0 Å². The van der Waals surface area contributed by atoms with Crippen molar-refractivity contribution in [1.29, 1.82) is 0 Å². The Bertz CT molecular complexity index is 352. The lowest BCUT2D eigenvalue weighted by molar-refractivity contribution is 0.742. The Hall–Kier alpha value is 0.0800. The minimum atomic E-state index is -0.212. The monoisotopic (exact) mass is 285 g/mol. The summed E-state index contributed by atoms with van der Waals surface area (Å²) in [5, 5.41) is 1.42. The molecule has 1 atom stereocenters. The van der Waals surface area contributed by atoms with E-state index in [-0.39, 0.29) is 18.4 Å². The Morgan fingerprint density at radius 2 is 1.93 bits per heavy atom. The maximum atomic E-state index is 5.99. The molecule has 1 rings (SSSR count). The Labute approximate surface area is 111 Å². The molecule has 0 saturated carbocycles. The summed E-state index contributed by atoms with van der Waals surface area (Å²) in [4.78, 5) is 0. The molecule has 0 unspecified atom stereocenters. The van der Waals surface area contributed by atoms with Crippen molar-refractivity contribution in [2.75, 3.05) is 0 Å². The van der Waals surface area contributed by atoms with Gasteiger partial charge in [0.25, 0.3) is 0 Å². The molecule has 2 N–H and O–H groups in total. The highest BCUT2D eigenvalue weighted by Gasteiger charge is 2.12. The molecule has 0 aromatic heterocycles. The van der Waals surface area contributed by atoms with Gasteiger partial charge in [0.2, 0.25) is 0 Å². The summed E-state index contributed by atoms with van der Waals surface area (Å²) in [6.45, 7) is 3.61. The first kappa shape index (κ1) is 15.1. The van der Waals surface area contributed by atoms with Crippen LogP contribution in [0.4, 0.5) is 0 Å². The molecule has 0 aliphatic carbocycles. The van der Waals surface area contributed by atoms with Crippen molar-refractivity contribution in [3.63, 3.8) is 0 Å². The van der Waals surface area contributed by atoms with E-state index in [4.69, 9.17) is 40.5 Å². The number of nitrogens with two attached hydrogens (primary N) is 1. The SMILES string of the molecule is C=CC[C@H](N)c1cc(Cl)cc(Cl)c1Cl.Cl. The normalized spacial score (nSPS) is 11.7. The largest absolute Gasteiger partial charge is 0.324 e. The van der Waals surface area contributed by atoms with Crippen LogP contribution in [0, 0.1) is 0 Å². The fourth-order valence-electron chi connectivity index (χ4n) is 1.15. The zero-order chi connectivity index (χ0) is 10.7. The standard InChI is InChI=1S/C10H10Cl3N.ClH/c1-2-3-9(14)7-4-6(11)5-8(12)10(7)13;/h2,4-5,9H,1,3,14H2;1H/t9-;/m0./s1. The van der Waals surface area contributed by atoms with Crippen molar-refractivity contribution in [3.8, 4) is 0 Å². The molecule has 0 bridgehead atoms. The Balaban J connectivity index is 0.00000196. The molecule has 1 nitrogen and oxygen atoms in total. The van der Waals surface area contributed by atoms with Gasteiger partial charge in [-0.05, 0) is 24.1 Å². The fraction of sp³-hybridized carbons (Fsp3) is 0.200. The molecule has 0 aliphatic heterocycles. The van der Waals surface area contributed by atoms with E-state index in [9.17, 15) is 0 Å². The van der Waals surface area contributed by atoms with Gasteiger partial charge in [-0.25, -0.2) is 0 Å². The van der Waals surface area contributed by atoms with Crippen LogP contribution >= 0.6 is 47.2 Å². The molecule has 84 valence electrons. The average Bonchev–Trinajstić information content (AvgIpc) is 2.11. The maximum absolute atomic E-state index is 5.99. The molecular formula is C10H11Cl4N. The molecule has 0 saturated heterocycles. The third-order valence-corrected chi connectivity index (χ3v) is 2.88. The van der Waals surface area contributed by atoms with Crippen LogP contribution in [0.5, 0.6) is 0 Å². The van der Waals surface area contributed by atoms with Crippen molar-refractivity contribution in [2.45, 2.75) is 12.5 Å². The molecule has 0 amide bonds.